The molecule has 0 amide bonds. The van der Waals surface area contributed by atoms with Gasteiger partial charge in [-0.3, -0.25) is 0 Å². The highest BCUT2D eigenvalue weighted by atomic mass is 16.6. The third kappa shape index (κ3) is 0.797. The summed E-state index contributed by atoms with van der Waals surface area (Å²) in [6.45, 7) is 0. The van der Waals surface area contributed by atoms with Crippen LogP contribution in [-0.2, 0) is 9.53 Å². The SMILES string of the molecule is O=C1OC2CC1(O)C=CC2O. The lowest BCUT2D eigenvalue weighted by atomic mass is 9.91. The summed E-state index contributed by atoms with van der Waals surface area (Å²) in [7, 11) is 0. The zero-order valence-corrected chi connectivity index (χ0v) is 5.73. The molecule has 1 aliphatic carbocycles. The Hall–Kier alpha value is -0.870. The van der Waals surface area contributed by atoms with E-state index in [0.29, 0.717) is 0 Å². The van der Waals surface area contributed by atoms with Crippen LogP contribution in [0.2, 0.25) is 0 Å². The first-order valence-corrected chi connectivity index (χ1v) is 3.43. The Morgan fingerprint density at radius 2 is 2.45 bits per heavy atom. The molecule has 4 heteroatoms. The van der Waals surface area contributed by atoms with Crippen molar-refractivity contribution in [2.24, 2.45) is 0 Å². The van der Waals surface area contributed by atoms with Gasteiger partial charge in [0.1, 0.15) is 12.2 Å². The third-order valence-corrected chi connectivity index (χ3v) is 2.07. The summed E-state index contributed by atoms with van der Waals surface area (Å²) in [5, 5.41) is 18.6. The Balaban J connectivity index is 2.37. The van der Waals surface area contributed by atoms with E-state index in [4.69, 9.17) is 9.84 Å². The van der Waals surface area contributed by atoms with E-state index in [9.17, 15) is 9.90 Å². The van der Waals surface area contributed by atoms with Crippen LogP contribution in [0, 0.1) is 0 Å². The van der Waals surface area contributed by atoms with Crippen LogP contribution in [0.15, 0.2) is 12.2 Å². The minimum Gasteiger partial charge on any atom is -0.457 e. The zero-order valence-electron chi connectivity index (χ0n) is 5.73. The van der Waals surface area contributed by atoms with Crippen molar-refractivity contribution < 1.29 is 19.7 Å². The molecule has 0 aromatic rings. The van der Waals surface area contributed by atoms with Crippen molar-refractivity contribution in [2.45, 2.75) is 24.2 Å². The zero-order chi connectivity index (χ0) is 8.06. The molecule has 2 bridgehead atoms. The first-order valence-electron chi connectivity index (χ1n) is 3.43. The molecule has 0 aromatic carbocycles. The van der Waals surface area contributed by atoms with Gasteiger partial charge >= 0.3 is 5.97 Å². The fraction of sp³-hybridized carbons (Fsp3) is 0.571. The van der Waals surface area contributed by atoms with E-state index in [1.807, 2.05) is 0 Å². The van der Waals surface area contributed by atoms with Crippen molar-refractivity contribution in [2.75, 3.05) is 0 Å². The van der Waals surface area contributed by atoms with Gasteiger partial charge in [0.25, 0.3) is 0 Å². The number of rotatable bonds is 0. The van der Waals surface area contributed by atoms with Crippen LogP contribution < -0.4 is 0 Å². The molecule has 0 spiro atoms. The van der Waals surface area contributed by atoms with Gasteiger partial charge in [-0.05, 0) is 6.08 Å². The quantitative estimate of drug-likeness (QED) is 0.347. The highest BCUT2D eigenvalue weighted by molar-refractivity contribution is 5.84. The largest absolute Gasteiger partial charge is 0.457 e. The molecule has 60 valence electrons. The van der Waals surface area contributed by atoms with Crippen molar-refractivity contribution in [3.05, 3.63) is 12.2 Å². The average Bonchev–Trinajstić information content (AvgIpc) is 2.20. The maximum absolute atomic E-state index is 10.9. The molecule has 2 N–H and O–H groups in total. The fourth-order valence-corrected chi connectivity index (χ4v) is 1.38. The number of fused-ring (bicyclic) bond motifs is 2. The second-order valence-corrected chi connectivity index (χ2v) is 2.92. The van der Waals surface area contributed by atoms with Gasteiger partial charge in [0.05, 0.1) is 0 Å². The molecule has 1 heterocycles. The van der Waals surface area contributed by atoms with Gasteiger partial charge in [0, 0.05) is 6.42 Å². The first-order chi connectivity index (χ1) is 5.12. The van der Waals surface area contributed by atoms with E-state index in [0.717, 1.165) is 0 Å². The number of hydrogen-bond donors (Lipinski definition) is 2. The van der Waals surface area contributed by atoms with Crippen LogP contribution in [0.1, 0.15) is 6.42 Å². The van der Waals surface area contributed by atoms with Crippen LogP contribution in [-0.4, -0.2) is 34.0 Å². The molecular weight excluding hydrogens is 148 g/mol. The monoisotopic (exact) mass is 156 g/mol. The van der Waals surface area contributed by atoms with Gasteiger partial charge in [-0.15, -0.1) is 0 Å². The molecule has 0 radical (unpaired) electrons. The Morgan fingerprint density at radius 3 is 3.09 bits per heavy atom. The normalized spacial score (nSPS) is 47.6. The highest BCUT2D eigenvalue weighted by Crippen LogP contribution is 2.33. The van der Waals surface area contributed by atoms with Crippen LogP contribution in [0.3, 0.4) is 0 Å². The molecular formula is C7H8O4. The number of esters is 1. The summed E-state index contributed by atoms with van der Waals surface area (Å²) in [5.41, 5.74) is -1.47. The van der Waals surface area contributed by atoms with Crippen molar-refractivity contribution in [1.82, 2.24) is 0 Å². The molecule has 2 rings (SSSR count). The molecule has 3 unspecified atom stereocenters. The van der Waals surface area contributed by atoms with Crippen molar-refractivity contribution in [3.63, 3.8) is 0 Å². The summed E-state index contributed by atoms with van der Waals surface area (Å²) in [4.78, 5) is 10.9. The van der Waals surface area contributed by atoms with E-state index >= 15 is 0 Å². The van der Waals surface area contributed by atoms with Crippen molar-refractivity contribution in [3.8, 4) is 0 Å². The second kappa shape index (κ2) is 1.84. The van der Waals surface area contributed by atoms with Crippen molar-refractivity contribution >= 4 is 5.97 Å². The minimum absolute atomic E-state index is 0.170. The molecule has 0 saturated carbocycles. The smallest absolute Gasteiger partial charge is 0.342 e. The lowest BCUT2D eigenvalue weighted by Crippen LogP contribution is -2.35. The fourth-order valence-electron chi connectivity index (χ4n) is 1.38. The Bertz CT molecular complexity index is 235. The molecule has 4 nitrogen and oxygen atoms in total. The lowest BCUT2D eigenvalue weighted by Gasteiger charge is -2.19. The van der Waals surface area contributed by atoms with Crippen molar-refractivity contribution in [1.29, 1.82) is 0 Å². The van der Waals surface area contributed by atoms with Crippen LogP contribution in [0.4, 0.5) is 0 Å². The predicted molar refractivity (Wildman–Crippen MR) is 34.6 cm³/mol. The average molecular weight is 156 g/mol. The van der Waals surface area contributed by atoms with E-state index in [1.54, 1.807) is 0 Å². The molecule has 2 aliphatic rings. The van der Waals surface area contributed by atoms with Gasteiger partial charge in [0.15, 0.2) is 5.60 Å². The number of aliphatic hydroxyl groups excluding tert-OH is 1. The topological polar surface area (TPSA) is 66.8 Å². The van der Waals surface area contributed by atoms with Gasteiger partial charge in [-0.25, -0.2) is 4.79 Å². The summed E-state index contributed by atoms with van der Waals surface area (Å²) in [6, 6.07) is 0. The minimum atomic E-state index is -1.47. The Morgan fingerprint density at radius 1 is 1.73 bits per heavy atom. The standard InChI is InChI=1S/C7H8O4/c8-4-1-2-7(10)3-5(4)11-6(7)9/h1-2,4-5,8,10H,3H2. The van der Waals surface area contributed by atoms with Gasteiger partial charge in [-0.1, -0.05) is 6.08 Å². The third-order valence-electron chi connectivity index (χ3n) is 2.07. The molecule has 1 fully saturated rings. The van der Waals surface area contributed by atoms with Gasteiger partial charge < -0.3 is 14.9 Å². The van der Waals surface area contributed by atoms with E-state index < -0.39 is 23.8 Å². The van der Waals surface area contributed by atoms with Gasteiger partial charge in [-0.2, -0.15) is 0 Å². The summed E-state index contributed by atoms with van der Waals surface area (Å²) < 4.78 is 4.70. The Labute approximate surface area is 63.1 Å². The maximum Gasteiger partial charge on any atom is 0.342 e. The number of ether oxygens (including phenoxy) is 1. The van der Waals surface area contributed by atoms with Crippen LogP contribution in [0.25, 0.3) is 0 Å². The molecule has 3 atom stereocenters. The molecule has 1 aliphatic heterocycles. The molecule has 11 heavy (non-hydrogen) atoms. The summed E-state index contributed by atoms with van der Waals surface area (Å²) in [5.74, 6) is -0.657. The maximum atomic E-state index is 10.9. The van der Waals surface area contributed by atoms with E-state index in [1.165, 1.54) is 12.2 Å². The van der Waals surface area contributed by atoms with Gasteiger partial charge in [0.2, 0.25) is 0 Å². The van der Waals surface area contributed by atoms with Crippen LogP contribution >= 0.6 is 0 Å². The highest BCUT2D eigenvalue weighted by Gasteiger charge is 2.50. The number of carbonyl (C=O) groups excluding carboxylic acids is 1. The predicted octanol–water partition coefficient (Wildman–Crippen LogP) is -1.04. The number of aliphatic hydroxyl groups is 2. The summed E-state index contributed by atoms with van der Waals surface area (Å²) in [6.07, 6.45) is 1.53. The van der Waals surface area contributed by atoms with Crippen LogP contribution in [0.5, 0.6) is 0 Å². The first kappa shape index (κ1) is 6.82. The number of carbonyl (C=O) groups is 1. The lowest BCUT2D eigenvalue weighted by molar-refractivity contribution is -0.152. The summed E-state index contributed by atoms with van der Waals surface area (Å²) >= 11 is 0. The molecule has 1 saturated heterocycles. The number of hydrogen-bond acceptors (Lipinski definition) is 4. The molecule has 0 aromatic heterocycles. The van der Waals surface area contributed by atoms with E-state index in [2.05, 4.69) is 0 Å². The second-order valence-electron chi connectivity index (χ2n) is 2.92. The Kier molecular flexibility index (Phi) is 1.14. The van der Waals surface area contributed by atoms with E-state index in [-0.39, 0.29) is 6.42 Å².